The van der Waals surface area contributed by atoms with Gasteiger partial charge in [0.15, 0.2) is 5.16 Å². The van der Waals surface area contributed by atoms with Crippen LogP contribution < -0.4 is 5.56 Å². The second-order valence-electron chi connectivity index (χ2n) is 6.05. The molecule has 0 N–H and O–H groups in total. The summed E-state index contributed by atoms with van der Waals surface area (Å²) < 4.78 is 1.65. The lowest BCUT2D eigenvalue weighted by molar-refractivity contribution is -0.140. The first-order valence-electron chi connectivity index (χ1n) is 8.57. The molecule has 1 aliphatic heterocycles. The van der Waals surface area contributed by atoms with Gasteiger partial charge in [-0.25, -0.2) is 4.98 Å². The minimum absolute atomic E-state index is 0.0775. The van der Waals surface area contributed by atoms with E-state index in [1.165, 1.54) is 16.7 Å². The Balaban J connectivity index is 1.87. The van der Waals surface area contributed by atoms with Gasteiger partial charge in [0.25, 0.3) is 5.56 Å². The number of rotatable bonds is 6. The summed E-state index contributed by atoms with van der Waals surface area (Å²) in [5, 5.41) is 1.13. The van der Waals surface area contributed by atoms with Gasteiger partial charge in [-0.1, -0.05) is 37.2 Å². The number of benzene rings is 1. The highest BCUT2D eigenvalue weighted by Gasteiger charge is 2.26. The van der Waals surface area contributed by atoms with Crippen LogP contribution in [-0.4, -0.2) is 38.6 Å². The quantitative estimate of drug-likeness (QED) is 0.585. The monoisotopic (exact) mass is 359 g/mol. The molecule has 0 atom stereocenters. The van der Waals surface area contributed by atoms with Crippen molar-refractivity contribution in [2.45, 2.75) is 44.3 Å². The minimum Gasteiger partial charge on any atom is -0.287 e. The molecule has 7 heteroatoms. The normalized spacial score (nSPS) is 14.4. The summed E-state index contributed by atoms with van der Waals surface area (Å²) in [7, 11) is 0. The van der Waals surface area contributed by atoms with Gasteiger partial charge >= 0.3 is 0 Å². The fourth-order valence-corrected chi connectivity index (χ4v) is 3.79. The van der Waals surface area contributed by atoms with Crippen LogP contribution >= 0.6 is 11.8 Å². The van der Waals surface area contributed by atoms with E-state index in [9.17, 15) is 14.4 Å². The SMILES string of the molecule is CCCCn1c(SCC(=O)N2CCCC2=O)nc2ccccc2c1=O. The lowest BCUT2D eigenvalue weighted by Gasteiger charge is -2.15. The number of hydrogen-bond donors (Lipinski definition) is 0. The molecule has 2 amide bonds. The van der Waals surface area contributed by atoms with E-state index >= 15 is 0 Å². The van der Waals surface area contributed by atoms with Crippen LogP contribution in [0.3, 0.4) is 0 Å². The van der Waals surface area contributed by atoms with Gasteiger partial charge in [0.1, 0.15) is 0 Å². The molecule has 1 aromatic carbocycles. The van der Waals surface area contributed by atoms with Crippen molar-refractivity contribution in [1.82, 2.24) is 14.5 Å². The number of fused-ring (bicyclic) bond motifs is 1. The first-order valence-corrected chi connectivity index (χ1v) is 9.56. The van der Waals surface area contributed by atoms with Crippen LogP contribution in [0.15, 0.2) is 34.2 Å². The van der Waals surface area contributed by atoms with Crippen molar-refractivity contribution in [3.8, 4) is 0 Å². The molecule has 6 nitrogen and oxygen atoms in total. The molecule has 0 radical (unpaired) electrons. The van der Waals surface area contributed by atoms with Crippen LogP contribution in [-0.2, 0) is 16.1 Å². The molecule has 0 unspecified atom stereocenters. The largest absolute Gasteiger partial charge is 0.287 e. The molecule has 0 saturated carbocycles. The summed E-state index contributed by atoms with van der Waals surface area (Å²) in [6, 6.07) is 7.24. The van der Waals surface area contributed by atoms with Crippen molar-refractivity contribution < 1.29 is 9.59 Å². The zero-order chi connectivity index (χ0) is 17.8. The van der Waals surface area contributed by atoms with Gasteiger partial charge in [-0.2, -0.15) is 0 Å². The summed E-state index contributed by atoms with van der Waals surface area (Å²) in [6.45, 7) is 3.13. The summed E-state index contributed by atoms with van der Waals surface area (Å²) in [6.07, 6.45) is 2.99. The molecule has 2 aromatic rings. The smallest absolute Gasteiger partial charge is 0.262 e. The number of hydrogen-bond acceptors (Lipinski definition) is 5. The number of thioether (sulfide) groups is 1. The van der Waals surface area contributed by atoms with Crippen molar-refractivity contribution in [3.05, 3.63) is 34.6 Å². The highest BCUT2D eigenvalue weighted by Crippen LogP contribution is 2.20. The van der Waals surface area contributed by atoms with Crippen molar-refractivity contribution >= 4 is 34.5 Å². The van der Waals surface area contributed by atoms with Crippen molar-refractivity contribution in [2.75, 3.05) is 12.3 Å². The standard InChI is InChI=1S/C18H21N3O3S/c1-2-3-10-21-17(24)13-7-4-5-8-14(13)19-18(21)25-12-16(23)20-11-6-9-15(20)22/h4-5,7-8H,2-3,6,9-12H2,1H3. The van der Waals surface area contributed by atoms with Gasteiger partial charge in [0.05, 0.1) is 16.7 Å². The van der Waals surface area contributed by atoms with Crippen LogP contribution in [0.4, 0.5) is 0 Å². The topological polar surface area (TPSA) is 72.3 Å². The third kappa shape index (κ3) is 3.76. The highest BCUT2D eigenvalue weighted by molar-refractivity contribution is 7.99. The third-order valence-electron chi connectivity index (χ3n) is 4.26. The molecule has 3 rings (SSSR count). The van der Waals surface area contributed by atoms with Gasteiger partial charge in [-0.05, 0) is 25.0 Å². The van der Waals surface area contributed by atoms with E-state index < -0.39 is 0 Å². The maximum absolute atomic E-state index is 12.8. The fourth-order valence-electron chi connectivity index (χ4n) is 2.89. The van der Waals surface area contributed by atoms with E-state index in [1.807, 2.05) is 12.1 Å². The summed E-state index contributed by atoms with van der Waals surface area (Å²) in [5.74, 6) is -0.208. The van der Waals surface area contributed by atoms with Gasteiger partial charge in [-0.15, -0.1) is 0 Å². The van der Waals surface area contributed by atoms with Crippen LogP contribution in [0.25, 0.3) is 10.9 Å². The zero-order valence-electron chi connectivity index (χ0n) is 14.2. The Hall–Kier alpha value is -2.15. The Kier molecular flexibility index (Phi) is 5.53. The van der Waals surface area contributed by atoms with Gasteiger partial charge in [0, 0.05) is 19.5 Å². The molecule has 0 aliphatic carbocycles. The van der Waals surface area contributed by atoms with Gasteiger partial charge in [0.2, 0.25) is 11.8 Å². The molecule has 1 aromatic heterocycles. The molecule has 0 spiro atoms. The molecular weight excluding hydrogens is 338 g/mol. The molecule has 1 aliphatic rings. The number of carbonyl (C=O) groups excluding carboxylic acids is 2. The van der Waals surface area contributed by atoms with E-state index in [0.29, 0.717) is 35.6 Å². The first kappa shape index (κ1) is 17.7. The van der Waals surface area contributed by atoms with Crippen molar-refractivity contribution in [2.24, 2.45) is 0 Å². The maximum atomic E-state index is 12.8. The molecular formula is C18H21N3O3S. The number of amides is 2. The number of aromatic nitrogens is 2. The first-order chi connectivity index (χ1) is 12.1. The Bertz CT molecular complexity index is 862. The summed E-state index contributed by atoms with van der Waals surface area (Å²) in [4.78, 5) is 42.6. The van der Waals surface area contributed by atoms with Crippen LogP contribution in [0.2, 0.25) is 0 Å². The van der Waals surface area contributed by atoms with E-state index in [1.54, 1.807) is 16.7 Å². The second kappa shape index (κ2) is 7.82. The van der Waals surface area contributed by atoms with Crippen molar-refractivity contribution in [3.63, 3.8) is 0 Å². The number of likely N-dealkylation sites (tertiary alicyclic amines) is 1. The summed E-state index contributed by atoms with van der Waals surface area (Å²) >= 11 is 1.23. The third-order valence-corrected chi connectivity index (χ3v) is 5.22. The minimum atomic E-state index is -0.211. The predicted molar refractivity (Wildman–Crippen MR) is 97.6 cm³/mol. The molecule has 1 saturated heterocycles. The number of nitrogens with zero attached hydrogens (tertiary/aromatic N) is 3. The molecule has 132 valence electrons. The van der Waals surface area contributed by atoms with Crippen LogP contribution in [0.5, 0.6) is 0 Å². The number of imide groups is 1. The van der Waals surface area contributed by atoms with Gasteiger partial charge < -0.3 is 0 Å². The van der Waals surface area contributed by atoms with E-state index in [-0.39, 0.29) is 23.1 Å². The number of carbonyl (C=O) groups is 2. The molecule has 2 heterocycles. The zero-order valence-corrected chi connectivity index (χ0v) is 15.1. The fraction of sp³-hybridized carbons (Fsp3) is 0.444. The number of para-hydroxylation sites is 1. The van der Waals surface area contributed by atoms with E-state index in [0.717, 1.165) is 19.3 Å². The average molecular weight is 359 g/mol. The van der Waals surface area contributed by atoms with E-state index in [4.69, 9.17) is 0 Å². The second-order valence-corrected chi connectivity index (χ2v) is 7.00. The average Bonchev–Trinajstić information content (AvgIpc) is 3.05. The molecule has 25 heavy (non-hydrogen) atoms. The molecule has 0 bridgehead atoms. The molecule has 1 fully saturated rings. The lowest BCUT2D eigenvalue weighted by Crippen LogP contribution is -2.33. The summed E-state index contributed by atoms with van der Waals surface area (Å²) in [5.41, 5.74) is 0.554. The predicted octanol–water partition coefficient (Wildman–Crippen LogP) is 2.44. The van der Waals surface area contributed by atoms with Crippen LogP contribution in [0.1, 0.15) is 32.6 Å². The van der Waals surface area contributed by atoms with Crippen molar-refractivity contribution in [1.29, 1.82) is 0 Å². The van der Waals surface area contributed by atoms with Gasteiger partial charge in [-0.3, -0.25) is 23.9 Å². The number of unbranched alkanes of at least 4 members (excludes halogenated alkanes) is 1. The Morgan fingerprint density at radius 1 is 1.28 bits per heavy atom. The highest BCUT2D eigenvalue weighted by atomic mass is 32.2. The maximum Gasteiger partial charge on any atom is 0.262 e. The van der Waals surface area contributed by atoms with Crippen LogP contribution in [0, 0.1) is 0 Å². The Morgan fingerprint density at radius 3 is 2.80 bits per heavy atom. The lowest BCUT2D eigenvalue weighted by atomic mass is 10.2. The Labute approximate surface area is 150 Å². The Morgan fingerprint density at radius 2 is 2.08 bits per heavy atom. The van der Waals surface area contributed by atoms with E-state index in [2.05, 4.69) is 11.9 Å².